The maximum atomic E-state index is 12.2. The summed E-state index contributed by atoms with van der Waals surface area (Å²) in [6, 6.07) is 0. The quantitative estimate of drug-likeness (QED) is 0.762. The van der Waals surface area contributed by atoms with Gasteiger partial charge in [-0.05, 0) is 18.4 Å². The third kappa shape index (κ3) is 3.24. The molecule has 0 radical (unpaired) electrons. The van der Waals surface area contributed by atoms with Gasteiger partial charge in [0, 0.05) is 17.0 Å². The molecule has 2 aromatic rings. The smallest absolute Gasteiger partial charge is 0.272 e. The summed E-state index contributed by atoms with van der Waals surface area (Å²) in [5.41, 5.74) is 2.62. The van der Waals surface area contributed by atoms with Crippen molar-refractivity contribution in [1.29, 1.82) is 0 Å². The molecule has 3 N–H and O–H groups in total. The molecule has 1 aliphatic rings. The van der Waals surface area contributed by atoms with Crippen LogP contribution in [-0.2, 0) is 24.5 Å². The van der Waals surface area contributed by atoms with E-state index in [2.05, 4.69) is 30.7 Å². The number of amides is 1. The van der Waals surface area contributed by atoms with Gasteiger partial charge >= 0.3 is 0 Å². The van der Waals surface area contributed by atoms with Crippen LogP contribution in [0.4, 0.5) is 0 Å². The summed E-state index contributed by atoms with van der Waals surface area (Å²) in [5, 5.41) is 16.9. The van der Waals surface area contributed by atoms with Crippen LogP contribution in [0.1, 0.15) is 33.4 Å². The van der Waals surface area contributed by atoms with Crippen LogP contribution in [0, 0.1) is 0 Å². The molecule has 0 aliphatic carbocycles. The zero-order chi connectivity index (χ0) is 14.7. The van der Waals surface area contributed by atoms with Crippen molar-refractivity contribution in [2.75, 3.05) is 12.0 Å². The lowest BCUT2D eigenvalue weighted by atomic mass is 10.1. The summed E-state index contributed by atoms with van der Waals surface area (Å²) < 4.78 is 0. The second kappa shape index (κ2) is 6.52. The van der Waals surface area contributed by atoms with E-state index in [1.807, 2.05) is 18.0 Å². The summed E-state index contributed by atoms with van der Waals surface area (Å²) in [7, 11) is 0. The average Bonchev–Trinajstić information content (AvgIpc) is 3.12. The van der Waals surface area contributed by atoms with Crippen LogP contribution in [0.15, 0.2) is 0 Å². The maximum absolute atomic E-state index is 12.2. The van der Waals surface area contributed by atoms with Gasteiger partial charge in [-0.2, -0.15) is 33.7 Å². The lowest BCUT2D eigenvalue weighted by Crippen LogP contribution is -2.25. The number of rotatable bonds is 5. The van der Waals surface area contributed by atoms with Gasteiger partial charge in [-0.25, -0.2) is 4.98 Å². The van der Waals surface area contributed by atoms with E-state index in [4.69, 9.17) is 0 Å². The third-order valence-corrected chi connectivity index (χ3v) is 4.71. The predicted molar refractivity (Wildman–Crippen MR) is 83.2 cm³/mol. The number of aromatic amines is 2. The molecular weight excluding hydrogens is 308 g/mol. The van der Waals surface area contributed by atoms with Crippen molar-refractivity contribution in [3.8, 4) is 0 Å². The van der Waals surface area contributed by atoms with E-state index in [1.54, 1.807) is 11.8 Å². The molecule has 0 saturated carbocycles. The van der Waals surface area contributed by atoms with Crippen molar-refractivity contribution in [1.82, 2.24) is 30.7 Å². The van der Waals surface area contributed by atoms with E-state index in [9.17, 15) is 4.79 Å². The molecule has 3 heterocycles. The van der Waals surface area contributed by atoms with E-state index in [0.717, 1.165) is 40.8 Å². The zero-order valence-electron chi connectivity index (χ0n) is 11.6. The van der Waals surface area contributed by atoms with Gasteiger partial charge in [-0.3, -0.25) is 15.0 Å². The molecular formula is C12H16N6OS2. The van der Waals surface area contributed by atoms with Crippen LogP contribution in [-0.4, -0.2) is 43.3 Å². The lowest BCUT2D eigenvalue weighted by molar-refractivity contribution is 0.0944. The van der Waals surface area contributed by atoms with Gasteiger partial charge in [0.2, 0.25) is 0 Å². The standard InChI is InChI=1S/C12H16N6OS2/c1-20-6-10-14-9(16-17-10)4-13-12(19)11-7-5-21-3-2-8(7)15-18-11/h2-6H2,1H3,(H,13,19)(H,15,18)(H,14,16,17). The molecule has 0 aromatic carbocycles. The van der Waals surface area contributed by atoms with Gasteiger partial charge in [0.05, 0.1) is 12.3 Å². The summed E-state index contributed by atoms with van der Waals surface area (Å²) in [6.45, 7) is 0.328. The fourth-order valence-corrected chi connectivity index (χ4v) is 3.55. The number of hydrogen-bond donors (Lipinski definition) is 3. The number of nitrogens with one attached hydrogen (secondary N) is 3. The SMILES string of the molecule is CSCc1n[nH]c(CNC(=O)c2n[nH]c3c2CSCC3)n1. The molecule has 0 bridgehead atoms. The number of hydrogen-bond acceptors (Lipinski definition) is 6. The van der Waals surface area contributed by atoms with Crippen LogP contribution < -0.4 is 5.32 Å². The lowest BCUT2D eigenvalue weighted by Gasteiger charge is -2.10. The number of nitrogens with zero attached hydrogens (tertiary/aromatic N) is 3. The second-order valence-electron chi connectivity index (χ2n) is 4.65. The van der Waals surface area contributed by atoms with E-state index >= 15 is 0 Å². The number of aryl methyl sites for hydroxylation is 1. The van der Waals surface area contributed by atoms with E-state index in [1.165, 1.54) is 0 Å². The molecule has 9 heteroatoms. The Bertz CT molecular complexity index is 637. The Morgan fingerprint density at radius 2 is 2.33 bits per heavy atom. The average molecular weight is 324 g/mol. The first-order valence-electron chi connectivity index (χ1n) is 6.59. The van der Waals surface area contributed by atoms with E-state index < -0.39 is 0 Å². The molecule has 112 valence electrons. The molecule has 0 unspecified atom stereocenters. The van der Waals surface area contributed by atoms with Gasteiger partial charge in [0.25, 0.3) is 5.91 Å². The normalized spacial score (nSPS) is 14.0. The number of thioether (sulfide) groups is 2. The van der Waals surface area contributed by atoms with Crippen LogP contribution >= 0.6 is 23.5 Å². The molecule has 0 spiro atoms. The summed E-state index contributed by atoms with van der Waals surface area (Å²) in [5.74, 6) is 3.92. The highest BCUT2D eigenvalue weighted by Gasteiger charge is 2.21. The minimum atomic E-state index is -0.169. The van der Waals surface area contributed by atoms with E-state index in [-0.39, 0.29) is 5.91 Å². The molecule has 1 amide bonds. The van der Waals surface area contributed by atoms with Gasteiger partial charge in [0.1, 0.15) is 5.82 Å². The van der Waals surface area contributed by atoms with Crippen molar-refractivity contribution >= 4 is 29.4 Å². The second-order valence-corrected chi connectivity index (χ2v) is 6.62. The summed E-state index contributed by atoms with van der Waals surface area (Å²) >= 11 is 3.48. The fourth-order valence-electron chi connectivity index (χ4n) is 2.16. The molecule has 0 saturated heterocycles. The molecule has 21 heavy (non-hydrogen) atoms. The topological polar surface area (TPSA) is 99.4 Å². The minimum Gasteiger partial charge on any atom is -0.343 e. The Morgan fingerprint density at radius 1 is 1.43 bits per heavy atom. The van der Waals surface area contributed by atoms with Gasteiger partial charge in [-0.15, -0.1) is 0 Å². The summed E-state index contributed by atoms with van der Waals surface area (Å²) in [6.07, 6.45) is 2.94. The molecule has 2 aromatic heterocycles. The Kier molecular flexibility index (Phi) is 4.49. The molecule has 3 rings (SSSR count). The van der Waals surface area contributed by atoms with Crippen LogP contribution in [0.3, 0.4) is 0 Å². The first kappa shape index (κ1) is 14.5. The van der Waals surface area contributed by atoms with Crippen LogP contribution in [0.25, 0.3) is 0 Å². The minimum absolute atomic E-state index is 0.169. The zero-order valence-corrected chi connectivity index (χ0v) is 13.2. The predicted octanol–water partition coefficient (Wildman–Crippen LogP) is 1.11. The molecule has 0 atom stereocenters. The van der Waals surface area contributed by atoms with Crippen molar-refractivity contribution in [2.45, 2.75) is 24.5 Å². The number of H-pyrrole nitrogens is 2. The highest BCUT2D eigenvalue weighted by Crippen LogP contribution is 2.25. The monoisotopic (exact) mass is 324 g/mol. The van der Waals surface area contributed by atoms with Crippen molar-refractivity contribution in [2.24, 2.45) is 0 Å². The Labute approximate surface area is 130 Å². The largest absolute Gasteiger partial charge is 0.343 e. The van der Waals surface area contributed by atoms with Gasteiger partial charge in [0.15, 0.2) is 11.5 Å². The van der Waals surface area contributed by atoms with E-state index in [0.29, 0.717) is 18.1 Å². The number of carbonyl (C=O) groups is 1. The third-order valence-electron chi connectivity index (χ3n) is 3.18. The highest BCUT2D eigenvalue weighted by atomic mass is 32.2. The summed E-state index contributed by atoms with van der Waals surface area (Å²) in [4.78, 5) is 16.5. The molecule has 1 aliphatic heterocycles. The first-order valence-corrected chi connectivity index (χ1v) is 9.14. The Morgan fingerprint density at radius 3 is 3.19 bits per heavy atom. The fraction of sp³-hybridized carbons (Fsp3) is 0.500. The van der Waals surface area contributed by atoms with Crippen molar-refractivity contribution in [3.63, 3.8) is 0 Å². The van der Waals surface area contributed by atoms with Crippen LogP contribution in [0.5, 0.6) is 0 Å². The Hall–Kier alpha value is -1.48. The highest BCUT2D eigenvalue weighted by molar-refractivity contribution is 7.98. The van der Waals surface area contributed by atoms with Gasteiger partial charge in [-0.1, -0.05) is 0 Å². The van der Waals surface area contributed by atoms with Crippen molar-refractivity contribution < 1.29 is 4.79 Å². The van der Waals surface area contributed by atoms with Crippen LogP contribution in [0.2, 0.25) is 0 Å². The number of aromatic nitrogens is 5. The van der Waals surface area contributed by atoms with Gasteiger partial charge < -0.3 is 5.32 Å². The van der Waals surface area contributed by atoms with Crippen molar-refractivity contribution in [3.05, 3.63) is 28.6 Å². The maximum Gasteiger partial charge on any atom is 0.272 e. The first-order chi connectivity index (χ1) is 10.3. The Balaban J connectivity index is 1.62. The number of fused-ring (bicyclic) bond motifs is 1. The number of carbonyl (C=O) groups excluding carboxylic acids is 1. The molecule has 0 fully saturated rings. The molecule has 7 nitrogen and oxygen atoms in total.